The van der Waals surface area contributed by atoms with Crippen LogP contribution >= 0.6 is 0 Å². The zero-order valence-electron chi connectivity index (χ0n) is 18.3. The average Bonchev–Trinajstić information content (AvgIpc) is 2.71. The maximum absolute atomic E-state index is 13.0. The highest BCUT2D eigenvalue weighted by Gasteiger charge is 2.20. The maximum atomic E-state index is 13.0. The summed E-state index contributed by atoms with van der Waals surface area (Å²) >= 11 is 0. The number of benzene rings is 3. The highest BCUT2D eigenvalue weighted by Crippen LogP contribution is 2.24. The summed E-state index contributed by atoms with van der Waals surface area (Å²) in [5, 5.41) is 1.68. The Balaban J connectivity index is 2.00. The molecule has 0 bridgehead atoms. The predicted octanol–water partition coefficient (Wildman–Crippen LogP) is 4.77. The van der Waals surface area contributed by atoms with Crippen molar-refractivity contribution in [1.29, 1.82) is 0 Å². The van der Waals surface area contributed by atoms with Crippen LogP contribution in [0.25, 0.3) is 10.8 Å². The molecule has 168 valence electrons. The molecule has 0 saturated carbocycles. The van der Waals surface area contributed by atoms with Gasteiger partial charge >= 0.3 is 11.9 Å². The normalized spacial score (nSPS) is 11.6. The van der Waals surface area contributed by atoms with Gasteiger partial charge in [0.1, 0.15) is 0 Å². The van der Waals surface area contributed by atoms with Crippen molar-refractivity contribution < 1.29 is 27.5 Å². The first-order valence-electron chi connectivity index (χ1n) is 10.1. The van der Waals surface area contributed by atoms with Crippen LogP contribution in [0.1, 0.15) is 48.4 Å². The minimum atomic E-state index is -3.99. The minimum absolute atomic E-state index is 0.0353. The Morgan fingerprint density at radius 2 is 1.28 bits per heavy atom. The van der Waals surface area contributed by atoms with E-state index in [1.807, 2.05) is 24.3 Å². The van der Waals surface area contributed by atoms with Crippen LogP contribution in [-0.4, -0.2) is 32.6 Å². The molecule has 0 aliphatic heterocycles. The van der Waals surface area contributed by atoms with Gasteiger partial charge in [-0.3, -0.25) is 4.72 Å². The number of hydrogen-bond acceptors (Lipinski definition) is 6. The van der Waals surface area contributed by atoms with Gasteiger partial charge in [0.15, 0.2) is 0 Å². The van der Waals surface area contributed by atoms with Crippen molar-refractivity contribution >= 4 is 38.4 Å². The fourth-order valence-electron chi connectivity index (χ4n) is 3.04. The Morgan fingerprint density at radius 1 is 0.750 bits per heavy atom. The Hall–Kier alpha value is -3.39. The molecule has 8 heteroatoms. The molecule has 0 aliphatic rings. The van der Waals surface area contributed by atoms with Gasteiger partial charge in [0.2, 0.25) is 0 Å². The van der Waals surface area contributed by atoms with Crippen molar-refractivity contribution in [3.05, 3.63) is 71.8 Å². The SMILES string of the molecule is CC(C)OC(=O)c1cc(NS(=O)(=O)c2ccc3ccccc3c2)cc(C(=O)OC(C)C)c1. The molecule has 0 spiro atoms. The first-order valence-corrected chi connectivity index (χ1v) is 11.6. The maximum Gasteiger partial charge on any atom is 0.338 e. The Bertz CT molecular complexity index is 1220. The summed E-state index contributed by atoms with van der Waals surface area (Å²) in [7, 11) is -3.99. The van der Waals surface area contributed by atoms with Crippen molar-refractivity contribution in [3.8, 4) is 0 Å². The molecular weight excluding hydrogens is 430 g/mol. The summed E-state index contributed by atoms with van der Waals surface area (Å²) in [6.45, 7) is 6.77. The number of carbonyl (C=O) groups is 2. The van der Waals surface area contributed by atoms with E-state index in [0.29, 0.717) is 0 Å². The third-order valence-corrected chi connectivity index (χ3v) is 5.75. The van der Waals surface area contributed by atoms with Crippen LogP contribution in [0, 0.1) is 0 Å². The molecule has 32 heavy (non-hydrogen) atoms. The van der Waals surface area contributed by atoms with Crippen LogP contribution in [0.15, 0.2) is 65.6 Å². The van der Waals surface area contributed by atoms with Crippen LogP contribution < -0.4 is 4.72 Å². The van der Waals surface area contributed by atoms with Crippen LogP contribution in [0.3, 0.4) is 0 Å². The topological polar surface area (TPSA) is 98.8 Å². The van der Waals surface area contributed by atoms with Gasteiger partial charge in [-0.2, -0.15) is 0 Å². The fraction of sp³-hybridized carbons (Fsp3) is 0.250. The Labute approximate surface area is 187 Å². The molecule has 0 amide bonds. The number of nitrogens with one attached hydrogen (secondary N) is 1. The summed E-state index contributed by atoms with van der Waals surface area (Å²) < 4.78 is 38.9. The van der Waals surface area contributed by atoms with Gasteiger partial charge in [0.25, 0.3) is 10.0 Å². The number of anilines is 1. The highest BCUT2D eigenvalue weighted by molar-refractivity contribution is 7.92. The molecular formula is C24H25NO6S. The van der Waals surface area contributed by atoms with E-state index in [1.54, 1.807) is 39.8 Å². The van der Waals surface area contributed by atoms with Gasteiger partial charge < -0.3 is 9.47 Å². The van der Waals surface area contributed by atoms with Crippen molar-refractivity contribution in [2.24, 2.45) is 0 Å². The molecule has 7 nitrogen and oxygen atoms in total. The Morgan fingerprint density at radius 3 is 1.81 bits per heavy atom. The number of esters is 2. The van der Waals surface area contributed by atoms with Crippen molar-refractivity contribution in [2.75, 3.05) is 4.72 Å². The smallest absolute Gasteiger partial charge is 0.338 e. The zero-order valence-corrected chi connectivity index (χ0v) is 19.1. The van der Waals surface area contributed by atoms with Crippen LogP contribution in [0.2, 0.25) is 0 Å². The molecule has 0 unspecified atom stereocenters. The van der Waals surface area contributed by atoms with Crippen molar-refractivity contribution in [3.63, 3.8) is 0 Å². The van der Waals surface area contributed by atoms with Crippen molar-refractivity contribution in [1.82, 2.24) is 0 Å². The molecule has 0 fully saturated rings. The molecule has 3 aromatic rings. The van der Waals surface area contributed by atoms with Crippen LogP contribution in [0.4, 0.5) is 5.69 Å². The first kappa shape index (κ1) is 23.3. The second-order valence-electron chi connectivity index (χ2n) is 7.82. The van der Waals surface area contributed by atoms with Gasteiger partial charge in [0, 0.05) is 0 Å². The molecule has 3 rings (SSSR count). The predicted molar refractivity (Wildman–Crippen MR) is 122 cm³/mol. The van der Waals surface area contributed by atoms with Gasteiger partial charge in [-0.1, -0.05) is 30.3 Å². The summed E-state index contributed by atoms with van der Waals surface area (Å²) in [4.78, 5) is 24.9. The quantitative estimate of drug-likeness (QED) is 0.515. The highest BCUT2D eigenvalue weighted by atomic mass is 32.2. The van der Waals surface area contributed by atoms with E-state index in [0.717, 1.165) is 10.8 Å². The van der Waals surface area contributed by atoms with E-state index in [4.69, 9.17) is 9.47 Å². The average molecular weight is 456 g/mol. The van der Waals surface area contributed by atoms with E-state index in [2.05, 4.69) is 4.72 Å². The third kappa shape index (κ3) is 5.64. The fourth-order valence-corrected chi connectivity index (χ4v) is 4.11. The number of rotatable bonds is 7. The summed E-state index contributed by atoms with van der Waals surface area (Å²) in [6, 6.07) is 16.1. The monoisotopic (exact) mass is 455 g/mol. The molecule has 1 N–H and O–H groups in total. The number of sulfonamides is 1. The van der Waals surface area contributed by atoms with E-state index in [-0.39, 0.29) is 33.9 Å². The second kappa shape index (κ2) is 9.40. The lowest BCUT2D eigenvalue weighted by Crippen LogP contribution is -2.17. The largest absolute Gasteiger partial charge is 0.459 e. The number of carbonyl (C=O) groups excluding carboxylic acids is 2. The first-order chi connectivity index (χ1) is 15.0. The molecule has 0 aromatic heterocycles. The van der Waals surface area contributed by atoms with Crippen molar-refractivity contribution in [2.45, 2.75) is 44.8 Å². The van der Waals surface area contributed by atoms with E-state index in [1.165, 1.54) is 24.3 Å². The number of hydrogen-bond donors (Lipinski definition) is 1. The van der Waals surface area contributed by atoms with E-state index >= 15 is 0 Å². The molecule has 0 aliphatic carbocycles. The molecule has 3 aromatic carbocycles. The zero-order chi connectivity index (χ0) is 23.5. The summed E-state index contributed by atoms with van der Waals surface area (Å²) in [6.07, 6.45) is -0.766. The molecule has 0 heterocycles. The second-order valence-corrected chi connectivity index (χ2v) is 9.50. The number of fused-ring (bicyclic) bond motifs is 1. The third-order valence-electron chi connectivity index (χ3n) is 4.37. The van der Waals surface area contributed by atoms with Crippen LogP contribution in [-0.2, 0) is 19.5 Å². The number of ether oxygens (including phenoxy) is 2. The summed E-state index contributed by atoms with van der Waals surface area (Å²) in [5.41, 5.74) is 0.119. The van der Waals surface area contributed by atoms with E-state index in [9.17, 15) is 18.0 Å². The summed E-state index contributed by atoms with van der Waals surface area (Å²) in [5.74, 6) is -1.35. The van der Waals surface area contributed by atoms with Crippen LogP contribution in [0.5, 0.6) is 0 Å². The van der Waals surface area contributed by atoms with Gasteiger partial charge in [-0.25, -0.2) is 18.0 Å². The van der Waals surface area contributed by atoms with Gasteiger partial charge in [-0.15, -0.1) is 0 Å². The minimum Gasteiger partial charge on any atom is -0.459 e. The lowest BCUT2D eigenvalue weighted by molar-refractivity contribution is 0.0377. The lowest BCUT2D eigenvalue weighted by atomic mass is 10.1. The van der Waals surface area contributed by atoms with E-state index < -0.39 is 22.0 Å². The molecule has 0 saturated heterocycles. The standard InChI is InChI=1S/C24H25NO6S/c1-15(2)30-23(26)19-11-20(24(27)31-16(3)4)13-21(12-19)25-32(28,29)22-10-9-17-7-5-6-8-18(17)14-22/h5-16,25H,1-4H3. The molecule has 0 radical (unpaired) electrons. The van der Waals surface area contributed by atoms with Gasteiger partial charge in [-0.05, 0) is 68.8 Å². The lowest BCUT2D eigenvalue weighted by Gasteiger charge is -2.14. The molecule has 0 atom stereocenters. The van der Waals surface area contributed by atoms with Gasteiger partial charge in [0.05, 0.1) is 33.9 Å². The Kier molecular flexibility index (Phi) is 6.84.